The number of carbonyl (C=O) groups is 1. The second kappa shape index (κ2) is 10.5. The summed E-state index contributed by atoms with van der Waals surface area (Å²) in [5.74, 6) is 1.03. The molecule has 0 aliphatic rings. The quantitative estimate of drug-likeness (QED) is 0.411. The molecule has 1 rings (SSSR count). The maximum absolute atomic E-state index is 10.8. The van der Waals surface area contributed by atoms with Crippen LogP contribution < -0.4 is 9.47 Å². The van der Waals surface area contributed by atoms with Gasteiger partial charge in [-0.3, -0.25) is 4.79 Å². The maximum Gasteiger partial charge on any atom is 0.179 e. The van der Waals surface area contributed by atoms with Crippen molar-refractivity contribution in [2.75, 3.05) is 13.7 Å². The van der Waals surface area contributed by atoms with Crippen LogP contribution in [0.3, 0.4) is 0 Å². The minimum absolute atomic E-state index is 0.416. The van der Waals surface area contributed by atoms with Gasteiger partial charge in [-0.2, -0.15) is 0 Å². The molecular weight excluding hydrogens is 288 g/mol. The van der Waals surface area contributed by atoms with Crippen molar-refractivity contribution in [1.29, 1.82) is 0 Å². The molecule has 0 atom stereocenters. The Kier molecular flexibility index (Phi) is 8.91. The van der Waals surface area contributed by atoms with E-state index in [4.69, 9.17) is 21.1 Å². The van der Waals surface area contributed by atoms with Gasteiger partial charge in [-0.25, -0.2) is 0 Å². The number of methoxy groups -OCH3 is 1. The Morgan fingerprint density at radius 3 is 2.38 bits per heavy atom. The van der Waals surface area contributed by atoms with Gasteiger partial charge in [-0.15, -0.1) is 0 Å². The van der Waals surface area contributed by atoms with Gasteiger partial charge >= 0.3 is 0 Å². The summed E-state index contributed by atoms with van der Waals surface area (Å²) in [5.41, 5.74) is 0.486. The lowest BCUT2D eigenvalue weighted by Crippen LogP contribution is -2.01. The number of unbranched alkanes of at least 4 members (excludes halogenated alkanes) is 6. The highest BCUT2D eigenvalue weighted by molar-refractivity contribution is 6.32. The van der Waals surface area contributed by atoms with Crippen LogP contribution in [0.25, 0.3) is 0 Å². The molecule has 0 aliphatic carbocycles. The van der Waals surface area contributed by atoms with Crippen molar-refractivity contribution in [2.24, 2.45) is 0 Å². The minimum Gasteiger partial charge on any atom is -0.493 e. The Morgan fingerprint density at radius 2 is 1.76 bits per heavy atom. The Labute approximate surface area is 132 Å². The molecule has 21 heavy (non-hydrogen) atoms. The van der Waals surface area contributed by atoms with E-state index in [0.29, 0.717) is 28.7 Å². The molecule has 0 saturated heterocycles. The first-order valence-electron chi connectivity index (χ1n) is 7.68. The van der Waals surface area contributed by atoms with Crippen molar-refractivity contribution in [1.82, 2.24) is 0 Å². The van der Waals surface area contributed by atoms with Crippen molar-refractivity contribution in [3.63, 3.8) is 0 Å². The lowest BCUT2D eigenvalue weighted by molar-refractivity contribution is 0.112. The number of benzene rings is 1. The van der Waals surface area contributed by atoms with Gasteiger partial charge in [-0.05, 0) is 18.6 Å². The molecule has 0 amide bonds. The summed E-state index contributed by atoms with van der Waals surface area (Å²) >= 11 is 6.13. The lowest BCUT2D eigenvalue weighted by atomic mass is 10.1. The van der Waals surface area contributed by atoms with Crippen LogP contribution in [0.1, 0.15) is 62.2 Å². The summed E-state index contributed by atoms with van der Waals surface area (Å²) in [4.78, 5) is 10.8. The molecule has 1 aromatic carbocycles. The van der Waals surface area contributed by atoms with Crippen LogP contribution in [0.4, 0.5) is 0 Å². The zero-order chi connectivity index (χ0) is 15.5. The Bertz CT molecular complexity index is 432. The second-order valence-corrected chi connectivity index (χ2v) is 5.53. The molecule has 1 aromatic rings. The molecule has 0 aliphatic heterocycles. The van der Waals surface area contributed by atoms with E-state index >= 15 is 0 Å². The van der Waals surface area contributed by atoms with Crippen LogP contribution in [0.2, 0.25) is 5.02 Å². The fourth-order valence-corrected chi connectivity index (χ4v) is 2.45. The highest BCUT2D eigenvalue weighted by atomic mass is 35.5. The molecule has 0 unspecified atom stereocenters. The van der Waals surface area contributed by atoms with Gasteiger partial charge in [0.05, 0.1) is 18.7 Å². The van der Waals surface area contributed by atoms with Gasteiger partial charge in [0.15, 0.2) is 11.5 Å². The van der Waals surface area contributed by atoms with Crippen molar-refractivity contribution in [3.8, 4) is 11.5 Å². The molecule has 0 spiro atoms. The predicted octanol–water partition coefficient (Wildman–Crippen LogP) is 5.29. The van der Waals surface area contributed by atoms with Crippen molar-refractivity contribution < 1.29 is 14.3 Å². The van der Waals surface area contributed by atoms with E-state index in [9.17, 15) is 4.79 Å². The summed E-state index contributed by atoms with van der Waals surface area (Å²) in [6, 6.07) is 3.23. The monoisotopic (exact) mass is 312 g/mol. The van der Waals surface area contributed by atoms with E-state index in [1.165, 1.54) is 32.1 Å². The fourth-order valence-electron chi connectivity index (χ4n) is 2.18. The van der Waals surface area contributed by atoms with Crippen LogP contribution in [-0.2, 0) is 0 Å². The number of halogens is 1. The minimum atomic E-state index is 0.416. The molecule has 0 fully saturated rings. The third-order valence-corrected chi connectivity index (χ3v) is 3.66. The molecule has 0 bridgehead atoms. The number of carbonyl (C=O) groups excluding carboxylic acids is 1. The van der Waals surface area contributed by atoms with Crippen LogP contribution >= 0.6 is 11.6 Å². The molecule has 0 radical (unpaired) electrons. The predicted molar refractivity (Wildman–Crippen MR) is 86.9 cm³/mol. The lowest BCUT2D eigenvalue weighted by Gasteiger charge is -2.13. The van der Waals surface area contributed by atoms with Gasteiger partial charge in [0.1, 0.15) is 6.29 Å². The zero-order valence-electron chi connectivity index (χ0n) is 13.0. The van der Waals surface area contributed by atoms with Crippen molar-refractivity contribution >= 4 is 17.9 Å². The average molecular weight is 313 g/mol. The average Bonchev–Trinajstić information content (AvgIpc) is 2.50. The topological polar surface area (TPSA) is 35.5 Å². The Hall–Kier alpha value is -1.22. The maximum atomic E-state index is 10.8. The SMILES string of the molecule is CCCCCCCCCOc1c(Cl)cc(C=O)cc1OC. The van der Waals surface area contributed by atoms with Gasteiger partial charge in [0.25, 0.3) is 0 Å². The van der Waals surface area contributed by atoms with Crippen LogP contribution in [0.5, 0.6) is 11.5 Å². The zero-order valence-corrected chi connectivity index (χ0v) is 13.7. The number of rotatable bonds is 11. The van der Waals surface area contributed by atoms with Crippen LogP contribution in [-0.4, -0.2) is 20.0 Å². The van der Waals surface area contributed by atoms with E-state index in [-0.39, 0.29) is 0 Å². The van der Waals surface area contributed by atoms with Crippen LogP contribution in [0.15, 0.2) is 12.1 Å². The normalized spacial score (nSPS) is 10.4. The van der Waals surface area contributed by atoms with Gasteiger partial charge in [-0.1, -0.05) is 57.0 Å². The number of aldehydes is 1. The van der Waals surface area contributed by atoms with E-state index < -0.39 is 0 Å². The largest absolute Gasteiger partial charge is 0.493 e. The Morgan fingerprint density at radius 1 is 1.10 bits per heavy atom. The number of hydrogen-bond donors (Lipinski definition) is 0. The summed E-state index contributed by atoms with van der Waals surface area (Å²) in [5, 5.41) is 0.416. The van der Waals surface area contributed by atoms with Gasteiger partial charge in [0.2, 0.25) is 0 Å². The van der Waals surface area contributed by atoms with E-state index in [1.54, 1.807) is 19.2 Å². The Balaban J connectivity index is 2.36. The molecule has 0 heterocycles. The first-order chi connectivity index (χ1) is 10.2. The molecule has 0 saturated carbocycles. The van der Waals surface area contributed by atoms with Crippen molar-refractivity contribution in [3.05, 3.63) is 22.7 Å². The molecule has 118 valence electrons. The molecule has 3 nitrogen and oxygen atoms in total. The third kappa shape index (κ3) is 6.38. The van der Waals surface area contributed by atoms with Gasteiger partial charge < -0.3 is 9.47 Å². The molecular formula is C17H25ClO3. The highest BCUT2D eigenvalue weighted by Crippen LogP contribution is 2.36. The van der Waals surface area contributed by atoms with E-state index in [2.05, 4.69) is 6.92 Å². The fraction of sp³-hybridized carbons (Fsp3) is 0.588. The van der Waals surface area contributed by atoms with Crippen LogP contribution in [0, 0.1) is 0 Å². The van der Waals surface area contributed by atoms with E-state index in [0.717, 1.165) is 19.1 Å². The van der Waals surface area contributed by atoms with Crippen molar-refractivity contribution in [2.45, 2.75) is 51.9 Å². The number of ether oxygens (including phenoxy) is 2. The summed E-state index contributed by atoms with van der Waals surface area (Å²) in [6.07, 6.45) is 9.38. The molecule has 0 aromatic heterocycles. The molecule has 0 N–H and O–H groups in total. The summed E-state index contributed by atoms with van der Waals surface area (Å²) in [7, 11) is 1.54. The highest BCUT2D eigenvalue weighted by Gasteiger charge is 2.11. The summed E-state index contributed by atoms with van der Waals surface area (Å²) < 4.78 is 10.9. The standard InChI is InChI=1S/C17H25ClO3/c1-3-4-5-6-7-8-9-10-21-17-15(18)11-14(13-19)12-16(17)20-2/h11-13H,3-10H2,1-2H3. The first-order valence-corrected chi connectivity index (χ1v) is 8.06. The second-order valence-electron chi connectivity index (χ2n) is 5.12. The van der Waals surface area contributed by atoms with E-state index in [1.807, 2.05) is 0 Å². The summed E-state index contributed by atoms with van der Waals surface area (Å²) in [6.45, 7) is 2.84. The molecule has 4 heteroatoms. The number of hydrogen-bond acceptors (Lipinski definition) is 3. The van der Waals surface area contributed by atoms with Gasteiger partial charge in [0, 0.05) is 5.56 Å². The first kappa shape index (κ1) is 17.8. The smallest absolute Gasteiger partial charge is 0.179 e. The third-order valence-electron chi connectivity index (χ3n) is 3.38.